The number of anilines is 1. The molecule has 1 nitrogen and oxygen atoms in total. The molecule has 3 rings (SSSR count). The monoisotopic (exact) mass is 269 g/mol. The van der Waals surface area contributed by atoms with Crippen molar-refractivity contribution in [2.24, 2.45) is 0 Å². The summed E-state index contributed by atoms with van der Waals surface area (Å²) >= 11 is 0. The van der Waals surface area contributed by atoms with Crippen LogP contribution < -0.4 is 5.32 Å². The Morgan fingerprint density at radius 2 is 1.80 bits per heavy atom. The standard InChI is InChI=1S/C18H20FN/c1-12-7-9-18(16-6-4-3-5-15(12)16)20-17-10-8-14(19)11-13(17)2/h3-6,8,10-12,18,20H,7,9H2,1-2H3. The second-order valence-electron chi connectivity index (χ2n) is 5.76. The molecule has 1 aliphatic carbocycles. The van der Waals surface area contributed by atoms with Gasteiger partial charge in [-0.1, -0.05) is 31.2 Å². The van der Waals surface area contributed by atoms with Crippen molar-refractivity contribution in [3.05, 3.63) is 65.0 Å². The van der Waals surface area contributed by atoms with E-state index < -0.39 is 0 Å². The summed E-state index contributed by atoms with van der Waals surface area (Å²) in [6.45, 7) is 4.24. The van der Waals surface area contributed by atoms with Gasteiger partial charge in [0.2, 0.25) is 0 Å². The molecule has 0 amide bonds. The molecule has 20 heavy (non-hydrogen) atoms. The SMILES string of the molecule is Cc1cc(F)ccc1NC1CCC(C)c2ccccc21. The fourth-order valence-corrected chi connectivity index (χ4v) is 3.13. The smallest absolute Gasteiger partial charge is 0.123 e. The van der Waals surface area contributed by atoms with Crippen molar-refractivity contribution in [1.82, 2.24) is 0 Å². The van der Waals surface area contributed by atoms with Crippen molar-refractivity contribution in [1.29, 1.82) is 0 Å². The zero-order valence-electron chi connectivity index (χ0n) is 12.0. The van der Waals surface area contributed by atoms with E-state index in [9.17, 15) is 4.39 Å². The number of fused-ring (bicyclic) bond motifs is 1. The number of rotatable bonds is 2. The minimum Gasteiger partial charge on any atom is -0.378 e. The van der Waals surface area contributed by atoms with Crippen molar-refractivity contribution in [3.63, 3.8) is 0 Å². The molecule has 0 fully saturated rings. The van der Waals surface area contributed by atoms with Gasteiger partial charge in [-0.05, 0) is 60.6 Å². The van der Waals surface area contributed by atoms with Gasteiger partial charge in [0, 0.05) is 5.69 Å². The van der Waals surface area contributed by atoms with Gasteiger partial charge in [0.05, 0.1) is 6.04 Å². The molecule has 104 valence electrons. The summed E-state index contributed by atoms with van der Waals surface area (Å²) in [5.41, 5.74) is 4.81. The fraction of sp³-hybridized carbons (Fsp3) is 0.333. The van der Waals surface area contributed by atoms with Gasteiger partial charge in [-0.3, -0.25) is 0 Å². The van der Waals surface area contributed by atoms with Gasteiger partial charge in [-0.2, -0.15) is 0 Å². The first kappa shape index (κ1) is 13.2. The molecule has 2 atom stereocenters. The summed E-state index contributed by atoms with van der Waals surface area (Å²) in [5, 5.41) is 3.59. The fourth-order valence-electron chi connectivity index (χ4n) is 3.13. The van der Waals surface area contributed by atoms with E-state index in [1.807, 2.05) is 13.0 Å². The van der Waals surface area contributed by atoms with Gasteiger partial charge in [0.25, 0.3) is 0 Å². The predicted molar refractivity (Wildman–Crippen MR) is 81.6 cm³/mol. The van der Waals surface area contributed by atoms with Gasteiger partial charge >= 0.3 is 0 Å². The highest BCUT2D eigenvalue weighted by molar-refractivity contribution is 5.53. The number of aryl methyl sites for hydroxylation is 1. The molecule has 2 unspecified atom stereocenters. The van der Waals surface area contributed by atoms with E-state index >= 15 is 0 Å². The summed E-state index contributed by atoms with van der Waals surface area (Å²) in [6.07, 6.45) is 2.31. The molecule has 1 N–H and O–H groups in total. The van der Waals surface area contributed by atoms with E-state index in [1.165, 1.54) is 23.6 Å². The Bertz CT molecular complexity index is 621. The molecule has 0 bridgehead atoms. The lowest BCUT2D eigenvalue weighted by molar-refractivity contribution is 0.534. The Labute approximate surface area is 119 Å². The molecule has 2 aromatic rings. The highest BCUT2D eigenvalue weighted by Gasteiger charge is 2.24. The van der Waals surface area contributed by atoms with Crippen LogP contribution in [-0.4, -0.2) is 0 Å². The lowest BCUT2D eigenvalue weighted by Gasteiger charge is -2.31. The Morgan fingerprint density at radius 1 is 1.05 bits per heavy atom. The first-order valence-corrected chi connectivity index (χ1v) is 7.26. The molecule has 0 aliphatic heterocycles. The maximum absolute atomic E-state index is 13.2. The normalized spacial score (nSPS) is 21.4. The van der Waals surface area contributed by atoms with Gasteiger partial charge < -0.3 is 5.32 Å². The number of benzene rings is 2. The van der Waals surface area contributed by atoms with E-state index in [4.69, 9.17) is 0 Å². The lowest BCUT2D eigenvalue weighted by Crippen LogP contribution is -2.19. The van der Waals surface area contributed by atoms with Crippen molar-refractivity contribution in [2.45, 2.75) is 38.6 Å². The quantitative estimate of drug-likeness (QED) is 0.791. The third kappa shape index (κ3) is 2.43. The summed E-state index contributed by atoms with van der Waals surface area (Å²) in [7, 11) is 0. The van der Waals surface area contributed by atoms with Crippen LogP contribution in [0.5, 0.6) is 0 Å². The zero-order chi connectivity index (χ0) is 14.1. The minimum atomic E-state index is -0.175. The Kier molecular flexibility index (Phi) is 3.47. The topological polar surface area (TPSA) is 12.0 Å². The maximum atomic E-state index is 13.2. The molecule has 2 heteroatoms. The Balaban J connectivity index is 1.90. The van der Waals surface area contributed by atoms with Gasteiger partial charge in [-0.25, -0.2) is 4.39 Å². The van der Waals surface area contributed by atoms with Crippen molar-refractivity contribution < 1.29 is 4.39 Å². The van der Waals surface area contributed by atoms with Crippen LogP contribution in [0.15, 0.2) is 42.5 Å². The van der Waals surface area contributed by atoms with Gasteiger partial charge in [0.1, 0.15) is 5.82 Å². The van der Waals surface area contributed by atoms with Crippen LogP contribution in [0, 0.1) is 12.7 Å². The lowest BCUT2D eigenvalue weighted by atomic mass is 9.81. The molecule has 0 heterocycles. The van der Waals surface area contributed by atoms with E-state index in [1.54, 1.807) is 6.07 Å². The summed E-state index contributed by atoms with van der Waals surface area (Å²) in [4.78, 5) is 0. The number of nitrogens with one attached hydrogen (secondary N) is 1. The first-order valence-electron chi connectivity index (χ1n) is 7.26. The minimum absolute atomic E-state index is 0.175. The average molecular weight is 269 g/mol. The molecule has 1 aliphatic rings. The summed E-state index contributed by atoms with van der Waals surface area (Å²) < 4.78 is 13.2. The maximum Gasteiger partial charge on any atom is 0.123 e. The van der Waals surface area contributed by atoms with Crippen LogP contribution in [0.25, 0.3) is 0 Å². The second-order valence-corrected chi connectivity index (χ2v) is 5.76. The van der Waals surface area contributed by atoms with E-state index in [-0.39, 0.29) is 5.82 Å². The zero-order valence-corrected chi connectivity index (χ0v) is 12.0. The van der Waals surface area contributed by atoms with Crippen LogP contribution >= 0.6 is 0 Å². The van der Waals surface area contributed by atoms with Crippen molar-refractivity contribution in [3.8, 4) is 0 Å². The van der Waals surface area contributed by atoms with E-state index in [0.29, 0.717) is 12.0 Å². The molecule has 2 aromatic carbocycles. The highest BCUT2D eigenvalue weighted by atomic mass is 19.1. The first-order chi connectivity index (χ1) is 9.65. The molecule has 0 saturated carbocycles. The number of hydrogen-bond donors (Lipinski definition) is 1. The summed E-state index contributed by atoms with van der Waals surface area (Å²) in [5.74, 6) is 0.448. The van der Waals surface area contributed by atoms with Crippen LogP contribution in [0.3, 0.4) is 0 Å². The summed E-state index contributed by atoms with van der Waals surface area (Å²) in [6, 6.07) is 13.9. The third-order valence-corrected chi connectivity index (χ3v) is 4.31. The van der Waals surface area contributed by atoms with Crippen LogP contribution in [-0.2, 0) is 0 Å². The molecular formula is C18H20FN. The number of halogens is 1. The molecule has 0 radical (unpaired) electrons. The van der Waals surface area contributed by atoms with E-state index in [0.717, 1.165) is 17.7 Å². The van der Waals surface area contributed by atoms with Crippen LogP contribution in [0.1, 0.15) is 48.4 Å². The highest BCUT2D eigenvalue weighted by Crippen LogP contribution is 2.39. The van der Waals surface area contributed by atoms with Crippen molar-refractivity contribution >= 4 is 5.69 Å². The molecule has 0 saturated heterocycles. The van der Waals surface area contributed by atoms with Gasteiger partial charge in [-0.15, -0.1) is 0 Å². The predicted octanol–water partition coefficient (Wildman–Crippen LogP) is 5.18. The average Bonchev–Trinajstić information content (AvgIpc) is 2.45. The van der Waals surface area contributed by atoms with Crippen LogP contribution in [0.4, 0.5) is 10.1 Å². The largest absolute Gasteiger partial charge is 0.378 e. The van der Waals surface area contributed by atoms with E-state index in [2.05, 4.69) is 36.5 Å². The molecule has 0 spiro atoms. The van der Waals surface area contributed by atoms with Crippen LogP contribution in [0.2, 0.25) is 0 Å². The molecular weight excluding hydrogens is 249 g/mol. The van der Waals surface area contributed by atoms with Crippen molar-refractivity contribution in [2.75, 3.05) is 5.32 Å². The molecule has 0 aromatic heterocycles. The number of hydrogen-bond acceptors (Lipinski definition) is 1. The Morgan fingerprint density at radius 3 is 2.55 bits per heavy atom. The third-order valence-electron chi connectivity index (χ3n) is 4.31. The second kappa shape index (κ2) is 5.28. The van der Waals surface area contributed by atoms with Gasteiger partial charge in [0.15, 0.2) is 0 Å². The Hall–Kier alpha value is -1.83.